The van der Waals surface area contributed by atoms with E-state index in [9.17, 15) is 18.0 Å². The quantitative estimate of drug-likeness (QED) is 0.635. The molecule has 1 atom stereocenters. The van der Waals surface area contributed by atoms with Crippen LogP contribution in [0.4, 0.5) is 0 Å². The van der Waals surface area contributed by atoms with Crippen LogP contribution in [0.5, 0.6) is 0 Å². The third kappa shape index (κ3) is 4.70. The third-order valence-corrected chi connectivity index (χ3v) is 4.43. The van der Waals surface area contributed by atoms with Gasteiger partial charge in [0.05, 0.1) is 24.5 Å². The van der Waals surface area contributed by atoms with Crippen molar-refractivity contribution in [1.29, 1.82) is 0 Å². The minimum absolute atomic E-state index is 0.0425. The molecule has 1 rings (SSSR count). The first-order chi connectivity index (χ1) is 7.80. The zero-order chi connectivity index (χ0) is 13.1. The fourth-order valence-electron chi connectivity index (χ4n) is 1.87. The van der Waals surface area contributed by atoms with Gasteiger partial charge >= 0.3 is 11.9 Å². The molecule has 0 bridgehead atoms. The van der Waals surface area contributed by atoms with Crippen molar-refractivity contribution in [1.82, 2.24) is 4.90 Å². The lowest BCUT2D eigenvalue weighted by molar-refractivity contribution is -0.141. The molecule has 98 valence electrons. The number of sulfone groups is 1. The first-order valence-electron chi connectivity index (χ1n) is 5.18. The average molecular weight is 265 g/mol. The Bertz CT molecular complexity index is 404. The molecule has 0 aromatic rings. The van der Waals surface area contributed by atoms with Gasteiger partial charge in [0.1, 0.15) is 0 Å². The number of rotatable bonds is 6. The lowest BCUT2D eigenvalue weighted by Crippen LogP contribution is -2.41. The molecule has 1 aliphatic rings. The van der Waals surface area contributed by atoms with E-state index in [1.165, 1.54) is 4.90 Å². The van der Waals surface area contributed by atoms with E-state index in [1.54, 1.807) is 0 Å². The van der Waals surface area contributed by atoms with Gasteiger partial charge in [-0.3, -0.25) is 14.5 Å². The standard InChI is InChI=1S/C9H15NO6S/c11-8(12)1-3-10(5-9(13)14)7-2-4-17(15,16)6-7/h7H,1-6H2,(H,11,12)(H,13,14). The molecule has 1 fully saturated rings. The Balaban J connectivity index is 2.63. The van der Waals surface area contributed by atoms with E-state index in [4.69, 9.17) is 10.2 Å². The largest absolute Gasteiger partial charge is 0.481 e. The molecule has 8 heteroatoms. The van der Waals surface area contributed by atoms with Gasteiger partial charge in [-0.1, -0.05) is 0 Å². The van der Waals surface area contributed by atoms with E-state index in [0.717, 1.165) is 0 Å². The summed E-state index contributed by atoms with van der Waals surface area (Å²) < 4.78 is 22.6. The summed E-state index contributed by atoms with van der Waals surface area (Å²) in [6.45, 7) is -0.269. The summed E-state index contributed by atoms with van der Waals surface area (Å²) in [6, 6.07) is -0.379. The Morgan fingerprint density at radius 1 is 1.24 bits per heavy atom. The van der Waals surface area contributed by atoms with Gasteiger partial charge in [-0.2, -0.15) is 0 Å². The molecule has 2 N–H and O–H groups in total. The minimum Gasteiger partial charge on any atom is -0.481 e. The Morgan fingerprint density at radius 2 is 1.88 bits per heavy atom. The summed E-state index contributed by atoms with van der Waals surface area (Å²) in [5, 5.41) is 17.3. The monoisotopic (exact) mass is 265 g/mol. The first kappa shape index (κ1) is 13.9. The smallest absolute Gasteiger partial charge is 0.317 e. The summed E-state index contributed by atoms with van der Waals surface area (Å²) in [5.41, 5.74) is 0. The van der Waals surface area contributed by atoms with E-state index < -0.39 is 21.8 Å². The van der Waals surface area contributed by atoms with Crippen LogP contribution in [0.2, 0.25) is 0 Å². The molecule has 0 amide bonds. The second-order valence-electron chi connectivity index (χ2n) is 4.06. The number of nitrogens with zero attached hydrogens (tertiary/aromatic N) is 1. The van der Waals surface area contributed by atoms with Gasteiger partial charge in [0.15, 0.2) is 9.84 Å². The maximum Gasteiger partial charge on any atom is 0.317 e. The first-order valence-corrected chi connectivity index (χ1v) is 7.00. The molecule has 1 saturated heterocycles. The molecular weight excluding hydrogens is 250 g/mol. The molecule has 1 aliphatic heterocycles. The second kappa shape index (κ2) is 5.46. The van der Waals surface area contributed by atoms with Crippen LogP contribution in [0.25, 0.3) is 0 Å². The summed E-state index contributed by atoms with van der Waals surface area (Å²) in [6.07, 6.45) is 0.180. The zero-order valence-corrected chi connectivity index (χ0v) is 10.0. The topological polar surface area (TPSA) is 112 Å². The van der Waals surface area contributed by atoms with Gasteiger partial charge in [-0.25, -0.2) is 8.42 Å². The van der Waals surface area contributed by atoms with Crippen LogP contribution in [0.15, 0.2) is 0 Å². The number of hydrogen-bond acceptors (Lipinski definition) is 5. The molecule has 1 unspecified atom stereocenters. The predicted octanol–water partition coefficient (Wildman–Crippen LogP) is -0.965. The number of aliphatic carboxylic acids is 2. The molecule has 0 aliphatic carbocycles. The Labute approximate surface area is 98.9 Å². The second-order valence-corrected chi connectivity index (χ2v) is 6.29. The maximum atomic E-state index is 11.3. The summed E-state index contributed by atoms with van der Waals surface area (Å²) in [5.74, 6) is -2.15. The molecule has 1 heterocycles. The molecule has 0 aromatic carbocycles. The van der Waals surface area contributed by atoms with Crippen molar-refractivity contribution in [2.24, 2.45) is 0 Å². The van der Waals surface area contributed by atoms with Crippen molar-refractivity contribution >= 4 is 21.8 Å². The molecule has 7 nitrogen and oxygen atoms in total. The van der Waals surface area contributed by atoms with E-state index >= 15 is 0 Å². The van der Waals surface area contributed by atoms with Gasteiger partial charge in [0.25, 0.3) is 0 Å². The van der Waals surface area contributed by atoms with Crippen molar-refractivity contribution in [3.63, 3.8) is 0 Å². The number of carboxylic acid groups (broad SMARTS) is 2. The zero-order valence-electron chi connectivity index (χ0n) is 9.20. The number of hydrogen-bond donors (Lipinski definition) is 2. The van der Waals surface area contributed by atoms with E-state index in [1.807, 2.05) is 0 Å². The number of carbonyl (C=O) groups is 2. The van der Waals surface area contributed by atoms with Gasteiger partial charge in [0.2, 0.25) is 0 Å². The normalized spacial score (nSPS) is 22.8. The molecule has 0 saturated carbocycles. The highest BCUT2D eigenvalue weighted by molar-refractivity contribution is 7.91. The van der Waals surface area contributed by atoms with Crippen molar-refractivity contribution in [3.8, 4) is 0 Å². The molecule has 0 aromatic heterocycles. The molecule has 0 spiro atoms. The Morgan fingerprint density at radius 3 is 2.29 bits per heavy atom. The van der Waals surface area contributed by atoms with Crippen molar-refractivity contribution in [3.05, 3.63) is 0 Å². The Kier molecular flexibility index (Phi) is 4.47. The lowest BCUT2D eigenvalue weighted by atomic mass is 10.2. The van der Waals surface area contributed by atoms with Gasteiger partial charge < -0.3 is 10.2 Å². The molecular formula is C9H15NO6S. The fraction of sp³-hybridized carbons (Fsp3) is 0.778. The van der Waals surface area contributed by atoms with Crippen molar-refractivity contribution < 1.29 is 28.2 Å². The fourth-order valence-corrected chi connectivity index (χ4v) is 3.63. The highest BCUT2D eigenvalue weighted by Crippen LogP contribution is 2.17. The van der Waals surface area contributed by atoms with Crippen LogP contribution < -0.4 is 0 Å². The van der Waals surface area contributed by atoms with Gasteiger partial charge in [-0.15, -0.1) is 0 Å². The summed E-state index contributed by atoms with van der Waals surface area (Å²) in [7, 11) is -3.10. The van der Waals surface area contributed by atoms with Gasteiger partial charge in [0, 0.05) is 12.6 Å². The summed E-state index contributed by atoms with van der Waals surface area (Å²) in [4.78, 5) is 22.5. The minimum atomic E-state index is -3.10. The van der Waals surface area contributed by atoms with Crippen molar-refractivity contribution in [2.75, 3.05) is 24.6 Å². The maximum absolute atomic E-state index is 11.3. The van der Waals surface area contributed by atoms with E-state index in [0.29, 0.717) is 6.42 Å². The Hall–Kier alpha value is -1.15. The van der Waals surface area contributed by atoms with E-state index in [2.05, 4.69) is 0 Å². The van der Waals surface area contributed by atoms with Crippen LogP contribution in [0, 0.1) is 0 Å². The van der Waals surface area contributed by atoms with Crippen LogP contribution in [-0.2, 0) is 19.4 Å². The molecule has 0 radical (unpaired) electrons. The predicted molar refractivity (Wildman–Crippen MR) is 58.5 cm³/mol. The van der Waals surface area contributed by atoms with Gasteiger partial charge in [-0.05, 0) is 6.42 Å². The van der Waals surface area contributed by atoms with Crippen LogP contribution in [0.3, 0.4) is 0 Å². The SMILES string of the molecule is O=C(O)CCN(CC(=O)O)C1CCS(=O)(=O)C1. The van der Waals surface area contributed by atoms with Crippen LogP contribution in [-0.4, -0.2) is 66.1 Å². The molecule has 17 heavy (non-hydrogen) atoms. The highest BCUT2D eigenvalue weighted by Gasteiger charge is 2.33. The van der Waals surface area contributed by atoms with Crippen molar-refractivity contribution in [2.45, 2.75) is 18.9 Å². The lowest BCUT2D eigenvalue weighted by Gasteiger charge is -2.25. The van der Waals surface area contributed by atoms with E-state index in [-0.39, 0.29) is 37.1 Å². The highest BCUT2D eigenvalue weighted by atomic mass is 32.2. The number of carboxylic acids is 2. The summed E-state index contributed by atoms with van der Waals surface area (Å²) >= 11 is 0. The van der Waals surface area contributed by atoms with Crippen LogP contribution in [0.1, 0.15) is 12.8 Å². The third-order valence-electron chi connectivity index (χ3n) is 2.68. The van der Waals surface area contributed by atoms with Crippen LogP contribution >= 0.6 is 0 Å². The average Bonchev–Trinajstić information content (AvgIpc) is 2.52.